The number of unbranched alkanes of at least 4 members (excludes halogenated alkanes) is 1. The third kappa shape index (κ3) is 11.5. The molecule has 0 atom stereocenters. The summed E-state index contributed by atoms with van der Waals surface area (Å²) in [6.45, 7) is -1.75. The molecule has 0 N–H and O–H groups in total. The van der Waals surface area contributed by atoms with Crippen LogP contribution in [0.3, 0.4) is 0 Å². The van der Waals surface area contributed by atoms with Gasteiger partial charge in [-0.3, -0.25) is 4.79 Å². The van der Waals surface area contributed by atoms with Crippen molar-refractivity contribution in [2.24, 2.45) is 0 Å². The summed E-state index contributed by atoms with van der Waals surface area (Å²) in [5.74, 6) is -1.51. The molecule has 138 valence electrons. The second-order valence-corrected chi connectivity index (χ2v) is 6.15. The van der Waals surface area contributed by atoms with Crippen LogP contribution in [0, 0.1) is 0 Å². The summed E-state index contributed by atoms with van der Waals surface area (Å²) < 4.78 is 104. The van der Waals surface area contributed by atoms with E-state index in [1.807, 2.05) is 0 Å². The SMILES string of the molecule is CN(CCS(=O)(=O)[O-])C(=O)CCCCN(C(F)(F)F)C(F)(F)F.[Na+]. The van der Waals surface area contributed by atoms with Gasteiger partial charge in [-0.15, -0.1) is 4.90 Å². The zero-order valence-electron chi connectivity index (χ0n) is 12.9. The Bertz CT molecular complexity index is 483. The van der Waals surface area contributed by atoms with Gasteiger partial charge in [0.05, 0.1) is 15.9 Å². The zero-order chi connectivity index (χ0) is 18.5. The maximum atomic E-state index is 12.2. The van der Waals surface area contributed by atoms with Crippen LogP contribution in [0.5, 0.6) is 0 Å². The van der Waals surface area contributed by atoms with Gasteiger partial charge in [0.2, 0.25) is 5.91 Å². The number of rotatable bonds is 8. The van der Waals surface area contributed by atoms with E-state index < -0.39 is 58.8 Å². The number of amides is 1. The number of nitrogens with zero attached hydrogens (tertiary/aromatic N) is 2. The minimum absolute atomic E-state index is 0. The fourth-order valence-electron chi connectivity index (χ4n) is 1.51. The molecule has 0 aliphatic heterocycles. The summed E-state index contributed by atoms with van der Waals surface area (Å²) >= 11 is 0. The van der Waals surface area contributed by atoms with E-state index in [1.165, 1.54) is 7.05 Å². The Morgan fingerprint density at radius 1 is 1.00 bits per heavy atom. The molecule has 6 nitrogen and oxygen atoms in total. The van der Waals surface area contributed by atoms with Crippen molar-refractivity contribution in [2.45, 2.75) is 31.9 Å². The van der Waals surface area contributed by atoms with Gasteiger partial charge in [0.1, 0.15) is 0 Å². The van der Waals surface area contributed by atoms with Gasteiger partial charge in [-0.05, 0) is 12.8 Å². The van der Waals surface area contributed by atoms with Crippen molar-refractivity contribution in [1.29, 1.82) is 0 Å². The number of carbonyl (C=O) groups is 1. The van der Waals surface area contributed by atoms with Crippen molar-refractivity contribution < 1.29 is 73.7 Å². The summed E-state index contributed by atoms with van der Waals surface area (Å²) in [4.78, 5) is 10.8. The molecule has 0 heterocycles. The third-order valence-electron chi connectivity index (χ3n) is 2.74. The van der Waals surface area contributed by atoms with E-state index in [-0.39, 0.29) is 42.4 Å². The van der Waals surface area contributed by atoms with E-state index in [0.29, 0.717) is 0 Å². The molecule has 0 bridgehead atoms. The monoisotopic (exact) mass is 396 g/mol. The Balaban J connectivity index is 0. The van der Waals surface area contributed by atoms with Gasteiger partial charge in [-0.2, -0.15) is 26.3 Å². The summed E-state index contributed by atoms with van der Waals surface area (Å²) in [5, 5.41) is 0. The molecule has 14 heteroatoms. The van der Waals surface area contributed by atoms with Gasteiger partial charge in [-0.25, -0.2) is 8.42 Å². The summed E-state index contributed by atoms with van der Waals surface area (Å²) in [5.41, 5.74) is 0. The van der Waals surface area contributed by atoms with Crippen LogP contribution in [-0.4, -0.2) is 67.2 Å². The topological polar surface area (TPSA) is 80.7 Å². The zero-order valence-corrected chi connectivity index (χ0v) is 15.8. The average Bonchev–Trinajstić information content (AvgIpc) is 2.31. The van der Waals surface area contributed by atoms with E-state index in [4.69, 9.17) is 0 Å². The van der Waals surface area contributed by atoms with E-state index in [2.05, 4.69) is 0 Å². The Kier molecular flexibility index (Phi) is 11.1. The van der Waals surface area contributed by atoms with Gasteiger partial charge < -0.3 is 9.45 Å². The standard InChI is InChI=1S/C10H16F6N2O4S.Na/c1-17(6-7-23(20,21)22)8(19)4-2-3-5-18(9(11,12)13)10(14,15)16;/h2-7H2,1H3,(H,20,21,22);/q;+1/p-1. The fourth-order valence-corrected chi connectivity index (χ4v) is 2.01. The van der Waals surface area contributed by atoms with Crippen LogP contribution < -0.4 is 29.6 Å². The molecule has 0 saturated carbocycles. The maximum Gasteiger partial charge on any atom is 1.00 e. The van der Waals surface area contributed by atoms with Crippen LogP contribution in [0.25, 0.3) is 0 Å². The number of carbonyl (C=O) groups excluding carboxylic acids is 1. The van der Waals surface area contributed by atoms with Crippen LogP contribution in [-0.2, 0) is 14.9 Å². The quantitative estimate of drug-likeness (QED) is 0.164. The third-order valence-corrected chi connectivity index (χ3v) is 3.42. The molecule has 0 aromatic rings. The summed E-state index contributed by atoms with van der Waals surface area (Å²) in [6, 6.07) is 0. The molecule has 24 heavy (non-hydrogen) atoms. The molecule has 1 amide bonds. The van der Waals surface area contributed by atoms with E-state index in [9.17, 15) is 44.1 Å². The van der Waals surface area contributed by atoms with Crippen molar-refractivity contribution >= 4 is 16.0 Å². The molecule has 0 aliphatic rings. The summed E-state index contributed by atoms with van der Waals surface area (Å²) in [7, 11) is -3.35. The van der Waals surface area contributed by atoms with Gasteiger partial charge in [0.25, 0.3) is 0 Å². The van der Waals surface area contributed by atoms with Gasteiger partial charge >= 0.3 is 42.2 Å². The molecular formula is C10H15F6N2NaO4S. The molecule has 0 saturated heterocycles. The van der Waals surface area contributed by atoms with E-state index >= 15 is 0 Å². The summed E-state index contributed by atoms with van der Waals surface area (Å²) in [6.07, 6.45) is -12.3. The molecule has 0 radical (unpaired) electrons. The average molecular weight is 396 g/mol. The minimum atomic E-state index is -5.57. The first-order chi connectivity index (χ1) is 10.1. The predicted molar refractivity (Wildman–Crippen MR) is 64.9 cm³/mol. The van der Waals surface area contributed by atoms with Gasteiger partial charge in [-0.1, -0.05) is 0 Å². The molecule has 0 aliphatic carbocycles. The van der Waals surface area contributed by atoms with E-state index in [0.717, 1.165) is 4.90 Å². The number of hydrogen-bond donors (Lipinski definition) is 0. The first-order valence-electron chi connectivity index (χ1n) is 6.23. The second-order valence-electron chi connectivity index (χ2n) is 4.62. The van der Waals surface area contributed by atoms with Crippen molar-refractivity contribution in [2.75, 3.05) is 25.9 Å². The normalized spacial score (nSPS) is 12.9. The van der Waals surface area contributed by atoms with Crippen molar-refractivity contribution in [3.05, 3.63) is 0 Å². The molecular weight excluding hydrogens is 381 g/mol. The second kappa shape index (κ2) is 10.2. The van der Waals surface area contributed by atoms with Crippen LogP contribution in [0.2, 0.25) is 0 Å². The van der Waals surface area contributed by atoms with Crippen LogP contribution >= 0.6 is 0 Å². The smallest absolute Gasteiger partial charge is 0.748 e. The molecule has 0 aromatic carbocycles. The number of alkyl halides is 6. The van der Waals surface area contributed by atoms with Crippen LogP contribution in [0.15, 0.2) is 0 Å². The molecule has 0 rings (SSSR count). The molecule has 0 aromatic heterocycles. The Morgan fingerprint density at radius 3 is 1.83 bits per heavy atom. The maximum absolute atomic E-state index is 12.2. The Hall–Kier alpha value is -0.0800. The van der Waals surface area contributed by atoms with Crippen LogP contribution in [0.4, 0.5) is 26.3 Å². The molecule has 0 spiro atoms. The van der Waals surface area contributed by atoms with Gasteiger partial charge in [0, 0.05) is 26.6 Å². The molecule has 0 unspecified atom stereocenters. The number of halogens is 6. The first kappa shape index (κ1) is 26.2. The fraction of sp³-hybridized carbons (Fsp3) is 0.900. The van der Waals surface area contributed by atoms with Crippen molar-refractivity contribution in [3.8, 4) is 0 Å². The largest absolute Gasteiger partial charge is 1.00 e. The van der Waals surface area contributed by atoms with Crippen LogP contribution in [0.1, 0.15) is 19.3 Å². The predicted octanol–water partition coefficient (Wildman–Crippen LogP) is -1.49. The minimum Gasteiger partial charge on any atom is -0.748 e. The van der Waals surface area contributed by atoms with Crippen molar-refractivity contribution in [1.82, 2.24) is 9.80 Å². The number of hydrogen-bond acceptors (Lipinski definition) is 5. The first-order valence-corrected chi connectivity index (χ1v) is 7.81. The Morgan fingerprint density at radius 2 is 1.46 bits per heavy atom. The van der Waals surface area contributed by atoms with Gasteiger partial charge in [0.15, 0.2) is 0 Å². The van der Waals surface area contributed by atoms with E-state index in [1.54, 1.807) is 0 Å². The van der Waals surface area contributed by atoms with Crippen molar-refractivity contribution in [3.63, 3.8) is 0 Å². The molecule has 0 fully saturated rings. The Labute approximate surface area is 157 Å².